The molecule has 0 aliphatic carbocycles. The zero-order valence-corrected chi connectivity index (χ0v) is 18.3. The fourth-order valence-electron chi connectivity index (χ4n) is 4.05. The molecule has 1 aliphatic rings. The average Bonchev–Trinajstić information content (AvgIpc) is 3.21. The van der Waals surface area contributed by atoms with Crippen LogP contribution in [0.15, 0.2) is 30.5 Å². The molecule has 4 rings (SSSR count). The van der Waals surface area contributed by atoms with Crippen LogP contribution < -0.4 is 10.1 Å². The number of carbonyl (C=O) groups is 2. The lowest BCUT2D eigenvalue weighted by Gasteiger charge is -2.30. The van der Waals surface area contributed by atoms with Crippen molar-refractivity contribution in [2.24, 2.45) is 5.92 Å². The van der Waals surface area contributed by atoms with Crippen LogP contribution in [0.2, 0.25) is 0 Å². The van der Waals surface area contributed by atoms with Crippen molar-refractivity contribution in [3.05, 3.63) is 41.6 Å². The van der Waals surface area contributed by atoms with Gasteiger partial charge >= 0.3 is 0 Å². The van der Waals surface area contributed by atoms with E-state index in [1.165, 1.54) is 17.8 Å². The van der Waals surface area contributed by atoms with Gasteiger partial charge in [0.1, 0.15) is 22.9 Å². The second-order valence-electron chi connectivity index (χ2n) is 7.85. The molecule has 0 radical (unpaired) electrons. The number of rotatable bonds is 4. The van der Waals surface area contributed by atoms with Crippen LogP contribution in [0.3, 0.4) is 0 Å². The van der Waals surface area contributed by atoms with E-state index in [-0.39, 0.29) is 29.1 Å². The number of nitrogens with one attached hydrogen (secondary N) is 1. The number of benzene rings is 1. The van der Waals surface area contributed by atoms with Crippen molar-refractivity contribution in [2.75, 3.05) is 25.5 Å². The lowest BCUT2D eigenvalue weighted by molar-refractivity contribution is -0.132. The maximum Gasteiger partial charge on any atom is 0.228 e. The monoisotopic (exact) mass is 432 g/mol. The average molecular weight is 432 g/mol. The molecular formula is C23H24N6O3. The summed E-state index contributed by atoms with van der Waals surface area (Å²) in [7, 11) is 1.59. The van der Waals surface area contributed by atoms with E-state index in [0.717, 1.165) is 10.9 Å². The zero-order chi connectivity index (χ0) is 22.8. The molecule has 0 saturated carbocycles. The number of hydrogen-bond donors (Lipinski definition) is 1. The van der Waals surface area contributed by atoms with Crippen molar-refractivity contribution in [1.82, 2.24) is 19.7 Å². The Labute approximate surface area is 185 Å². The number of para-hydroxylation sites is 1. The Hall–Kier alpha value is -3.93. The Balaban J connectivity index is 1.67. The molecule has 32 heavy (non-hydrogen) atoms. The number of ether oxygens (including phenoxy) is 1. The van der Waals surface area contributed by atoms with E-state index in [1.54, 1.807) is 12.0 Å². The van der Waals surface area contributed by atoms with E-state index in [2.05, 4.69) is 16.5 Å². The lowest BCUT2D eigenvalue weighted by atomic mass is 9.96. The van der Waals surface area contributed by atoms with Crippen molar-refractivity contribution in [2.45, 2.75) is 26.7 Å². The smallest absolute Gasteiger partial charge is 0.228 e. The van der Waals surface area contributed by atoms with Crippen LogP contribution >= 0.6 is 0 Å². The molecule has 1 N–H and O–H groups in total. The predicted octanol–water partition coefficient (Wildman–Crippen LogP) is 2.81. The molecule has 0 atom stereocenters. The maximum absolute atomic E-state index is 13.0. The highest BCUT2D eigenvalue weighted by molar-refractivity contribution is 5.93. The van der Waals surface area contributed by atoms with Gasteiger partial charge in [-0.1, -0.05) is 12.1 Å². The van der Waals surface area contributed by atoms with E-state index in [1.807, 2.05) is 31.2 Å². The summed E-state index contributed by atoms with van der Waals surface area (Å²) in [6.45, 7) is 4.58. The highest BCUT2D eigenvalue weighted by atomic mass is 16.5. The molecular weight excluding hydrogens is 408 g/mol. The first-order valence-electron chi connectivity index (χ1n) is 10.4. The molecule has 2 aromatic heterocycles. The minimum Gasteiger partial charge on any atom is -0.494 e. The molecule has 1 aromatic carbocycles. The second kappa shape index (κ2) is 8.67. The molecule has 0 spiro atoms. The largest absolute Gasteiger partial charge is 0.494 e. The van der Waals surface area contributed by atoms with Gasteiger partial charge in [-0.15, -0.1) is 0 Å². The Morgan fingerprint density at radius 2 is 2.03 bits per heavy atom. The number of hydrogen-bond acceptors (Lipinski definition) is 6. The van der Waals surface area contributed by atoms with Gasteiger partial charge in [0.05, 0.1) is 13.3 Å². The highest BCUT2D eigenvalue weighted by Gasteiger charge is 2.28. The fourth-order valence-corrected chi connectivity index (χ4v) is 4.05. The Kier molecular flexibility index (Phi) is 5.77. The number of fused-ring (bicyclic) bond motifs is 1. The molecule has 0 unspecified atom stereocenters. The van der Waals surface area contributed by atoms with Crippen molar-refractivity contribution in [3.8, 4) is 17.6 Å². The minimum absolute atomic E-state index is 0.0156. The molecule has 164 valence electrons. The first-order valence-corrected chi connectivity index (χ1v) is 10.4. The second-order valence-corrected chi connectivity index (χ2v) is 7.85. The van der Waals surface area contributed by atoms with Gasteiger partial charge < -0.3 is 15.0 Å². The quantitative estimate of drug-likeness (QED) is 0.678. The third-order valence-electron chi connectivity index (χ3n) is 5.88. The van der Waals surface area contributed by atoms with Gasteiger partial charge in [-0.05, 0) is 37.5 Å². The van der Waals surface area contributed by atoms with Gasteiger partial charge in [-0.3, -0.25) is 9.59 Å². The maximum atomic E-state index is 13.0. The van der Waals surface area contributed by atoms with Crippen LogP contribution in [0.5, 0.6) is 5.75 Å². The predicted molar refractivity (Wildman–Crippen MR) is 118 cm³/mol. The van der Waals surface area contributed by atoms with E-state index in [0.29, 0.717) is 43.0 Å². The third kappa shape index (κ3) is 3.87. The molecule has 1 aliphatic heterocycles. The van der Waals surface area contributed by atoms with E-state index >= 15 is 0 Å². The number of aromatic nitrogens is 3. The summed E-state index contributed by atoms with van der Waals surface area (Å²) in [5.74, 6) is 0.966. The number of piperidine rings is 1. The fraction of sp³-hybridized carbons (Fsp3) is 0.348. The molecule has 3 heterocycles. The first-order chi connectivity index (χ1) is 15.4. The van der Waals surface area contributed by atoms with Crippen molar-refractivity contribution >= 4 is 28.5 Å². The van der Waals surface area contributed by atoms with Gasteiger partial charge in [0.2, 0.25) is 11.8 Å². The van der Waals surface area contributed by atoms with Crippen LogP contribution in [0.4, 0.5) is 5.82 Å². The molecule has 2 amide bonds. The summed E-state index contributed by atoms with van der Waals surface area (Å²) in [4.78, 5) is 31.0. The van der Waals surface area contributed by atoms with Gasteiger partial charge in [-0.2, -0.15) is 15.0 Å². The summed E-state index contributed by atoms with van der Waals surface area (Å²) in [6, 6.07) is 9.64. The summed E-state index contributed by atoms with van der Waals surface area (Å²) in [6.07, 6.45) is 2.56. The Morgan fingerprint density at radius 3 is 2.69 bits per heavy atom. The van der Waals surface area contributed by atoms with Crippen molar-refractivity contribution in [3.63, 3.8) is 0 Å². The molecule has 1 fully saturated rings. The number of nitriles is 1. The topological polar surface area (TPSA) is 113 Å². The van der Waals surface area contributed by atoms with E-state index < -0.39 is 0 Å². The molecule has 9 nitrogen and oxygen atoms in total. The Bertz CT molecular complexity index is 1230. The molecule has 1 saturated heterocycles. The summed E-state index contributed by atoms with van der Waals surface area (Å²) in [5.41, 5.74) is 1.89. The number of carbonyl (C=O) groups excluding carboxylic acids is 2. The van der Waals surface area contributed by atoms with Crippen LogP contribution in [0.1, 0.15) is 30.9 Å². The molecule has 3 aromatic rings. The molecule has 9 heteroatoms. The van der Waals surface area contributed by atoms with Crippen molar-refractivity contribution < 1.29 is 14.3 Å². The number of nitrogens with zero attached hydrogens (tertiary/aromatic N) is 5. The van der Waals surface area contributed by atoms with E-state index in [4.69, 9.17) is 9.72 Å². The number of pyridine rings is 1. The highest BCUT2D eigenvalue weighted by Crippen LogP contribution is 2.29. The SMILES string of the molecule is COc1cccc2c(C)cc(-n3ncc(C#N)c3NC(=O)C3CCN(C(C)=O)CC3)nc12. The first kappa shape index (κ1) is 21.3. The normalized spacial score (nSPS) is 14.2. The number of amides is 2. The minimum atomic E-state index is -0.244. The van der Waals surface area contributed by atoms with Gasteiger partial charge in [0.15, 0.2) is 11.6 Å². The van der Waals surface area contributed by atoms with Gasteiger partial charge in [0, 0.05) is 31.3 Å². The zero-order valence-electron chi connectivity index (χ0n) is 18.3. The number of likely N-dealkylation sites (tertiary alicyclic amines) is 1. The van der Waals surface area contributed by atoms with Crippen LogP contribution in [0, 0.1) is 24.2 Å². The standard InChI is InChI=1S/C23H24N6O3/c1-14-11-20(26-21-18(14)5-4-6-19(21)32-3)29-22(17(12-24)13-25-29)27-23(31)16-7-9-28(10-8-16)15(2)30/h4-6,11,13,16H,7-10H2,1-3H3,(H,27,31). The summed E-state index contributed by atoms with van der Waals surface area (Å²) in [5, 5.41) is 17.7. The number of anilines is 1. The van der Waals surface area contributed by atoms with Crippen LogP contribution in [-0.4, -0.2) is 51.7 Å². The van der Waals surface area contributed by atoms with Crippen molar-refractivity contribution in [1.29, 1.82) is 5.26 Å². The number of methoxy groups -OCH3 is 1. The summed E-state index contributed by atoms with van der Waals surface area (Å²) >= 11 is 0. The third-order valence-corrected chi connectivity index (χ3v) is 5.88. The lowest BCUT2D eigenvalue weighted by Crippen LogP contribution is -2.40. The van der Waals surface area contributed by atoms with Crippen LogP contribution in [0.25, 0.3) is 16.7 Å². The Morgan fingerprint density at radius 1 is 1.28 bits per heavy atom. The van der Waals surface area contributed by atoms with Crippen LogP contribution in [-0.2, 0) is 9.59 Å². The molecule has 0 bridgehead atoms. The summed E-state index contributed by atoms with van der Waals surface area (Å²) < 4.78 is 6.93. The number of aryl methyl sites for hydroxylation is 1. The van der Waals surface area contributed by atoms with Gasteiger partial charge in [-0.25, -0.2) is 4.98 Å². The van der Waals surface area contributed by atoms with E-state index in [9.17, 15) is 14.9 Å². The van der Waals surface area contributed by atoms with Gasteiger partial charge in [0.25, 0.3) is 0 Å².